The number of amides is 1. The van der Waals surface area contributed by atoms with Crippen LogP contribution in [0, 0.1) is 11.3 Å². The van der Waals surface area contributed by atoms with Gasteiger partial charge in [0.15, 0.2) is 0 Å². The lowest BCUT2D eigenvalue weighted by atomic mass is 9.85. The van der Waals surface area contributed by atoms with Gasteiger partial charge in [-0.05, 0) is 55.8 Å². The van der Waals surface area contributed by atoms with Crippen LogP contribution in [0.15, 0.2) is 60.7 Å². The van der Waals surface area contributed by atoms with E-state index in [1.165, 1.54) is 11.1 Å². The van der Waals surface area contributed by atoms with E-state index in [1.54, 1.807) is 0 Å². The van der Waals surface area contributed by atoms with Gasteiger partial charge in [0.1, 0.15) is 0 Å². The molecule has 3 heteroatoms. The summed E-state index contributed by atoms with van der Waals surface area (Å²) in [7, 11) is 0. The third-order valence-corrected chi connectivity index (χ3v) is 6.29. The second-order valence-corrected chi connectivity index (χ2v) is 7.97. The Morgan fingerprint density at radius 1 is 1.00 bits per heavy atom. The summed E-state index contributed by atoms with van der Waals surface area (Å²) >= 11 is 0. The Morgan fingerprint density at radius 3 is 2.08 bits per heavy atom. The highest BCUT2D eigenvalue weighted by Crippen LogP contribution is 2.58. The molecule has 2 aromatic carbocycles. The quantitative estimate of drug-likeness (QED) is 0.865. The highest BCUT2D eigenvalue weighted by atomic mass is 16.2. The van der Waals surface area contributed by atoms with E-state index in [0.717, 1.165) is 32.4 Å². The number of nitrogens with one attached hydrogen (secondary N) is 2. The minimum atomic E-state index is 0.0617. The molecule has 1 saturated heterocycles. The third kappa shape index (κ3) is 3.41. The summed E-state index contributed by atoms with van der Waals surface area (Å²) in [5.74, 6) is 0.625. The third-order valence-electron chi connectivity index (χ3n) is 6.29. The fourth-order valence-electron chi connectivity index (χ4n) is 4.69. The molecule has 1 aliphatic heterocycles. The average Bonchev–Trinajstić information content (AvgIpc) is 3.37. The van der Waals surface area contributed by atoms with Crippen LogP contribution in [-0.4, -0.2) is 25.0 Å². The van der Waals surface area contributed by atoms with Gasteiger partial charge < -0.3 is 10.6 Å². The standard InChI is InChI=1S/C23H28N2O/c1-17(25-22(26)20-16-23(20)12-14-24-15-13-23)21(18-8-4-2-5-9-18)19-10-6-3-7-11-19/h2-11,17,20-21,24H,12-16H2,1H3,(H,25,26)/t17-,20-/m1/s1. The number of carbonyl (C=O) groups is 1. The zero-order valence-corrected chi connectivity index (χ0v) is 15.4. The molecule has 26 heavy (non-hydrogen) atoms. The van der Waals surface area contributed by atoms with Gasteiger partial charge in [-0.3, -0.25) is 4.79 Å². The summed E-state index contributed by atoms with van der Waals surface area (Å²) in [6, 6.07) is 21.1. The molecule has 0 unspecified atom stereocenters. The van der Waals surface area contributed by atoms with Crippen LogP contribution in [0.3, 0.4) is 0 Å². The minimum Gasteiger partial charge on any atom is -0.352 e. The van der Waals surface area contributed by atoms with Gasteiger partial charge in [-0.1, -0.05) is 60.7 Å². The Bertz CT molecular complexity index is 698. The Balaban J connectivity index is 1.50. The number of carbonyl (C=O) groups excluding carboxylic acids is 1. The van der Waals surface area contributed by atoms with Gasteiger partial charge in [0.25, 0.3) is 0 Å². The van der Waals surface area contributed by atoms with Gasteiger partial charge in [-0.25, -0.2) is 0 Å². The monoisotopic (exact) mass is 348 g/mol. The van der Waals surface area contributed by atoms with Crippen LogP contribution < -0.4 is 10.6 Å². The van der Waals surface area contributed by atoms with Gasteiger partial charge >= 0.3 is 0 Å². The maximum absolute atomic E-state index is 12.9. The molecule has 0 bridgehead atoms. The first-order valence-electron chi connectivity index (χ1n) is 9.81. The zero-order valence-electron chi connectivity index (χ0n) is 15.4. The van der Waals surface area contributed by atoms with E-state index >= 15 is 0 Å². The fraction of sp³-hybridized carbons (Fsp3) is 0.435. The van der Waals surface area contributed by atoms with Crippen LogP contribution >= 0.6 is 0 Å². The summed E-state index contributed by atoms with van der Waals surface area (Å²) in [4.78, 5) is 12.9. The highest BCUT2D eigenvalue weighted by molar-refractivity contribution is 5.83. The first-order valence-corrected chi connectivity index (χ1v) is 9.81. The predicted octanol–water partition coefficient (Wildman–Crippen LogP) is 3.71. The van der Waals surface area contributed by atoms with E-state index in [1.807, 2.05) is 12.1 Å². The van der Waals surface area contributed by atoms with Crippen LogP contribution in [-0.2, 0) is 4.79 Å². The Labute approximate surface area is 156 Å². The molecule has 2 N–H and O–H groups in total. The van der Waals surface area contributed by atoms with Crippen LogP contribution in [0.4, 0.5) is 0 Å². The lowest BCUT2D eigenvalue weighted by molar-refractivity contribution is -0.124. The summed E-state index contributed by atoms with van der Waals surface area (Å²) in [6.45, 7) is 4.24. The second-order valence-electron chi connectivity index (χ2n) is 7.97. The van der Waals surface area contributed by atoms with Crippen molar-refractivity contribution >= 4 is 5.91 Å². The van der Waals surface area contributed by atoms with Crippen molar-refractivity contribution in [2.24, 2.45) is 11.3 Å². The van der Waals surface area contributed by atoms with E-state index in [9.17, 15) is 4.79 Å². The van der Waals surface area contributed by atoms with E-state index in [2.05, 4.69) is 66.1 Å². The van der Waals surface area contributed by atoms with Gasteiger partial charge in [0.2, 0.25) is 5.91 Å². The Morgan fingerprint density at radius 2 is 1.54 bits per heavy atom. The maximum atomic E-state index is 12.9. The smallest absolute Gasteiger partial charge is 0.223 e. The minimum absolute atomic E-state index is 0.0617. The Hall–Kier alpha value is -2.13. The Kier molecular flexibility index (Phi) is 4.82. The molecule has 0 aromatic heterocycles. The number of hydrogen-bond acceptors (Lipinski definition) is 2. The molecule has 2 aliphatic rings. The van der Waals surface area contributed by atoms with Gasteiger partial charge in [0, 0.05) is 17.9 Å². The van der Waals surface area contributed by atoms with E-state index in [4.69, 9.17) is 0 Å². The molecular formula is C23H28N2O. The number of benzene rings is 2. The molecule has 1 saturated carbocycles. The van der Waals surface area contributed by atoms with Crippen LogP contribution in [0.2, 0.25) is 0 Å². The molecule has 1 amide bonds. The van der Waals surface area contributed by atoms with Crippen molar-refractivity contribution in [1.29, 1.82) is 0 Å². The molecule has 1 spiro atoms. The van der Waals surface area contributed by atoms with E-state index < -0.39 is 0 Å². The lowest BCUT2D eigenvalue weighted by Crippen LogP contribution is -2.40. The molecule has 0 radical (unpaired) electrons. The normalized spacial score (nSPS) is 22.2. The van der Waals surface area contributed by atoms with Crippen molar-refractivity contribution < 1.29 is 4.79 Å². The molecule has 1 aliphatic carbocycles. The van der Waals surface area contributed by atoms with Crippen LogP contribution in [0.1, 0.15) is 43.2 Å². The van der Waals surface area contributed by atoms with Crippen LogP contribution in [0.25, 0.3) is 0 Å². The molecule has 2 fully saturated rings. The van der Waals surface area contributed by atoms with E-state index in [-0.39, 0.29) is 29.2 Å². The first kappa shape index (κ1) is 17.3. The van der Waals surface area contributed by atoms with Crippen molar-refractivity contribution in [3.8, 4) is 0 Å². The van der Waals surface area contributed by atoms with E-state index in [0.29, 0.717) is 0 Å². The maximum Gasteiger partial charge on any atom is 0.223 e. The SMILES string of the molecule is C[C@@H](NC(=O)[C@H]1CC12CCNCC2)C(c1ccccc1)c1ccccc1. The largest absolute Gasteiger partial charge is 0.352 e. The summed E-state index contributed by atoms with van der Waals surface area (Å²) < 4.78 is 0. The zero-order chi connectivity index (χ0) is 18.0. The molecule has 4 rings (SSSR count). The number of hydrogen-bond donors (Lipinski definition) is 2. The second kappa shape index (κ2) is 7.24. The first-order chi connectivity index (χ1) is 12.7. The summed E-state index contributed by atoms with van der Waals surface area (Å²) in [6.07, 6.45) is 3.34. The van der Waals surface area contributed by atoms with Crippen molar-refractivity contribution in [3.63, 3.8) is 0 Å². The number of piperidine rings is 1. The van der Waals surface area contributed by atoms with Crippen LogP contribution in [0.5, 0.6) is 0 Å². The molecule has 2 atom stereocenters. The predicted molar refractivity (Wildman–Crippen MR) is 105 cm³/mol. The molecule has 1 heterocycles. The van der Waals surface area contributed by atoms with Gasteiger partial charge in [0.05, 0.1) is 0 Å². The highest BCUT2D eigenvalue weighted by Gasteiger charge is 2.57. The van der Waals surface area contributed by atoms with Crippen molar-refractivity contribution in [2.45, 2.75) is 38.1 Å². The van der Waals surface area contributed by atoms with Crippen molar-refractivity contribution in [1.82, 2.24) is 10.6 Å². The molecule has 136 valence electrons. The summed E-state index contributed by atoms with van der Waals surface area (Å²) in [5, 5.41) is 6.76. The molecule has 3 nitrogen and oxygen atoms in total. The van der Waals surface area contributed by atoms with Gasteiger partial charge in [-0.2, -0.15) is 0 Å². The number of rotatable bonds is 5. The fourth-order valence-corrected chi connectivity index (χ4v) is 4.69. The van der Waals surface area contributed by atoms with Crippen molar-refractivity contribution in [3.05, 3.63) is 71.8 Å². The van der Waals surface area contributed by atoms with Gasteiger partial charge in [-0.15, -0.1) is 0 Å². The topological polar surface area (TPSA) is 41.1 Å². The molecule has 2 aromatic rings. The molecular weight excluding hydrogens is 320 g/mol. The summed E-state index contributed by atoms with van der Waals surface area (Å²) in [5.41, 5.74) is 2.78. The average molecular weight is 348 g/mol. The van der Waals surface area contributed by atoms with Crippen molar-refractivity contribution in [2.75, 3.05) is 13.1 Å². The lowest BCUT2D eigenvalue weighted by Gasteiger charge is -2.27.